The molecule has 4 nitrogen and oxygen atoms in total. The van der Waals surface area contributed by atoms with Gasteiger partial charge in [-0.2, -0.15) is 0 Å². The fraction of sp³-hybridized carbons (Fsp3) is 0.368. The largest absolute Gasteiger partial charge is 0.465 e. The monoisotopic (exact) mass is 313 g/mol. The number of esters is 1. The zero-order valence-corrected chi connectivity index (χ0v) is 14.3. The highest BCUT2D eigenvalue weighted by Gasteiger charge is 2.35. The second-order valence-electron chi connectivity index (χ2n) is 5.88. The Balaban J connectivity index is 2.46. The molecule has 1 aliphatic rings. The number of nitrogens with zero attached hydrogens (tertiary/aromatic N) is 1. The highest BCUT2D eigenvalue weighted by atomic mass is 16.5. The lowest BCUT2D eigenvalue weighted by atomic mass is 9.99. The van der Waals surface area contributed by atoms with E-state index in [9.17, 15) is 9.59 Å². The van der Waals surface area contributed by atoms with Crippen molar-refractivity contribution < 1.29 is 14.3 Å². The van der Waals surface area contributed by atoms with Gasteiger partial charge in [0.05, 0.1) is 18.3 Å². The van der Waals surface area contributed by atoms with E-state index in [1.54, 1.807) is 17.9 Å². The number of ether oxygens (including phenoxy) is 1. The minimum Gasteiger partial charge on any atom is -0.465 e. The third-order valence-corrected chi connectivity index (χ3v) is 4.13. The van der Waals surface area contributed by atoms with Crippen molar-refractivity contribution >= 4 is 18.0 Å². The molecule has 0 aromatic heterocycles. The van der Waals surface area contributed by atoms with Crippen LogP contribution in [0.25, 0.3) is 6.08 Å². The predicted molar refractivity (Wildman–Crippen MR) is 90.6 cm³/mol. The van der Waals surface area contributed by atoms with Crippen LogP contribution in [0.3, 0.4) is 0 Å². The topological polar surface area (TPSA) is 46.6 Å². The molecule has 0 aliphatic carbocycles. The van der Waals surface area contributed by atoms with Crippen LogP contribution in [0.1, 0.15) is 44.7 Å². The van der Waals surface area contributed by atoms with Crippen LogP contribution in [0.15, 0.2) is 41.1 Å². The van der Waals surface area contributed by atoms with Crippen LogP contribution >= 0.6 is 0 Å². The van der Waals surface area contributed by atoms with Gasteiger partial charge in [0, 0.05) is 12.2 Å². The standard InChI is InChI=1S/C19H23NO3/c1-6-20-13(4)17(19(22)23-5)16(18(20)21)11-14-7-9-15(10-8-14)12(2)3/h7-12H,6H2,1-5H3/b16-11-. The van der Waals surface area contributed by atoms with E-state index in [0.717, 1.165) is 5.56 Å². The summed E-state index contributed by atoms with van der Waals surface area (Å²) in [5, 5.41) is 0. The second-order valence-corrected chi connectivity index (χ2v) is 5.88. The molecule has 1 heterocycles. The molecule has 122 valence electrons. The number of amides is 1. The summed E-state index contributed by atoms with van der Waals surface area (Å²) in [5.74, 6) is -0.177. The van der Waals surface area contributed by atoms with E-state index in [1.807, 2.05) is 31.2 Å². The first-order valence-corrected chi connectivity index (χ1v) is 7.83. The molecule has 1 amide bonds. The molecule has 0 spiro atoms. The molecule has 4 heteroatoms. The van der Waals surface area contributed by atoms with Crippen molar-refractivity contribution in [3.63, 3.8) is 0 Å². The van der Waals surface area contributed by atoms with E-state index in [4.69, 9.17) is 4.74 Å². The lowest BCUT2D eigenvalue weighted by Crippen LogP contribution is -2.24. The number of hydrogen-bond acceptors (Lipinski definition) is 3. The van der Waals surface area contributed by atoms with Gasteiger partial charge in [0.2, 0.25) is 0 Å². The van der Waals surface area contributed by atoms with Crippen molar-refractivity contribution in [1.82, 2.24) is 4.90 Å². The molecule has 0 N–H and O–H groups in total. The average Bonchev–Trinajstić information content (AvgIpc) is 2.77. The molecule has 0 bridgehead atoms. The molecule has 0 fully saturated rings. The molecular weight excluding hydrogens is 290 g/mol. The molecule has 0 saturated heterocycles. The fourth-order valence-corrected chi connectivity index (χ4v) is 2.75. The van der Waals surface area contributed by atoms with Crippen molar-refractivity contribution in [3.8, 4) is 0 Å². The van der Waals surface area contributed by atoms with Gasteiger partial charge in [0.1, 0.15) is 0 Å². The smallest absolute Gasteiger partial charge is 0.340 e. The van der Waals surface area contributed by atoms with Crippen LogP contribution in [-0.4, -0.2) is 30.4 Å². The molecule has 23 heavy (non-hydrogen) atoms. The zero-order valence-electron chi connectivity index (χ0n) is 14.3. The molecular formula is C19H23NO3. The van der Waals surface area contributed by atoms with Crippen molar-refractivity contribution in [2.24, 2.45) is 0 Å². The summed E-state index contributed by atoms with van der Waals surface area (Å²) < 4.78 is 4.85. The van der Waals surface area contributed by atoms with Crippen molar-refractivity contribution in [3.05, 3.63) is 52.2 Å². The fourth-order valence-electron chi connectivity index (χ4n) is 2.75. The summed E-state index contributed by atoms with van der Waals surface area (Å²) in [6, 6.07) is 8.02. The van der Waals surface area contributed by atoms with Crippen molar-refractivity contribution in [1.29, 1.82) is 0 Å². The number of hydrogen-bond donors (Lipinski definition) is 0. The summed E-state index contributed by atoms with van der Waals surface area (Å²) >= 11 is 0. The van der Waals surface area contributed by atoms with E-state index in [0.29, 0.717) is 29.3 Å². The summed E-state index contributed by atoms with van der Waals surface area (Å²) in [7, 11) is 1.33. The lowest BCUT2D eigenvalue weighted by molar-refractivity contribution is -0.136. The van der Waals surface area contributed by atoms with E-state index in [-0.39, 0.29) is 5.91 Å². The Morgan fingerprint density at radius 1 is 1.26 bits per heavy atom. The van der Waals surface area contributed by atoms with E-state index in [1.165, 1.54) is 12.7 Å². The van der Waals surface area contributed by atoms with E-state index in [2.05, 4.69) is 13.8 Å². The van der Waals surface area contributed by atoms with Crippen LogP contribution in [0.4, 0.5) is 0 Å². The quantitative estimate of drug-likeness (QED) is 0.631. The van der Waals surface area contributed by atoms with Crippen molar-refractivity contribution in [2.45, 2.75) is 33.6 Å². The normalized spacial score (nSPS) is 16.7. The first-order valence-electron chi connectivity index (χ1n) is 7.83. The maximum atomic E-state index is 12.6. The van der Waals surface area contributed by atoms with Gasteiger partial charge >= 0.3 is 5.97 Å². The molecule has 1 aromatic rings. The summed E-state index contributed by atoms with van der Waals surface area (Å²) in [5.41, 5.74) is 3.53. The Kier molecular flexibility index (Phi) is 5.04. The first kappa shape index (κ1) is 17.0. The zero-order chi connectivity index (χ0) is 17.1. The molecule has 0 atom stereocenters. The first-order chi connectivity index (χ1) is 10.9. The Labute approximate surface area is 137 Å². The van der Waals surface area contributed by atoms with Crippen LogP contribution in [0, 0.1) is 0 Å². The highest BCUT2D eigenvalue weighted by molar-refractivity contribution is 6.16. The third kappa shape index (κ3) is 3.21. The minimum absolute atomic E-state index is 0.154. The second kappa shape index (κ2) is 6.82. The van der Waals surface area contributed by atoms with Crippen LogP contribution in [-0.2, 0) is 14.3 Å². The number of likely N-dealkylation sites (N-methyl/N-ethyl adjacent to an activating group) is 1. The molecule has 0 radical (unpaired) electrons. The Morgan fingerprint density at radius 2 is 1.87 bits per heavy atom. The highest BCUT2D eigenvalue weighted by Crippen LogP contribution is 2.31. The number of allylic oxidation sites excluding steroid dienone is 1. The van der Waals surface area contributed by atoms with E-state index >= 15 is 0 Å². The van der Waals surface area contributed by atoms with Crippen LogP contribution in [0.5, 0.6) is 0 Å². The Bertz CT molecular complexity index is 681. The molecule has 0 unspecified atom stereocenters. The van der Waals surface area contributed by atoms with Gasteiger partial charge in [-0.25, -0.2) is 4.79 Å². The average molecular weight is 313 g/mol. The summed E-state index contributed by atoms with van der Waals surface area (Å²) in [6.07, 6.45) is 1.76. The lowest BCUT2D eigenvalue weighted by Gasteiger charge is -2.14. The van der Waals surface area contributed by atoms with Gasteiger partial charge in [-0.15, -0.1) is 0 Å². The van der Waals surface area contributed by atoms with Gasteiger partial charge in [-0.1, -0.05) is 38.1 Å². The van der Waals surface area contributed by atoms with Gasteiger partial charge < -0.3 is 9.64 Å². The maximum absolute atomic E-state index is 12.6. The van der Waals surface area contributed by atoms with Gasteiger partial charge in [-0.05, 0) is 37.0 Å². The van der Waals surface area contributed by atoms with Crippen LogP contribution < -0.4 is 0 Å². The number of rotatable bonds is 4. The number of benzene rings is 1. The predicted octanol–water partition coefficient (Wildman–Crippen LogP) is 3.50. The minimum atomic E-state index is -0.475. The molecule has 2 rings (SSSR count). The SMILES string of the molecule is CCN1C(=O)/C(=C\c2ccc(C(C)C)cc2)C(C(=O)OC)=C1C. The molecule has 1 aliphatic heterocycles. The van der Waals surface area contributed by atoms with Gasteiger partial charge in [-0.3, -0.25) is 4.79 Å². The summed E-state index contributed by atoms with van der Waals surface area (Å²) in [6.45, 7) is 8.45. The molecule has 1 aromatic carbocycles. The van der Waals surface area contributed by atoms with E-state index < -0.39 is 5.97 Å². The Hall–Kier alpha value is -2.36. The number of methoxy groups -OCH3 is 1. The summed E-state index contributed by atoms with van der Waals surface area (Å²) in [4.78, 5) is 26.2. The Morgan fingerprint density at radius 3 is 2.35 bits per heavy atom. The number of carbonyl (C=O) groups is 2. The van der Waals surface area contributed by atoms with Gasteiger partial charge in [0.15, 0.2) is 0 Å². The number of carbonyl (C=O) groups excluding carboxylic acids is 2. The molecule has 0 saturated carbocycles. The maximum Gasteiger partial charge on any atom is 0.340 e. The van der Waals surface area contributed by atoms with Crippen LogP contribution in [0.2, 0.25) is 0 Å². The third-order valence-electron chi connectivity index (χ3n) is 4.13. The van der Waals surface area contributed by atoms with Gasteiger partial charge in [0.25, 0.3) is 5.91 Å². The van der Waals surface area contributed by atoms with Crippen molar-refractivity contribution in [2.75, 3.05) is 13.7 Å².